The Morgan fingerprint density at radius 3 is 2.28 bits per heavy atom. The van der Waals surface area contributed by atoms with Gasteiger partial charge in [-0.05, 0) is 50.3 Å². The van der Waals surface area contributed by atoms with Gasteiger partial charge in [0.15, 0.2) is 0 Å². The van der Waals surface area contributed by atoms with Gasteiger partial charge in [0.05, 0.1) is 0 Å². The van der Waals surface area contributed by atoms with Crippen molar-refractivity contribution in [1.29, 1.82) is 0 Å². The summed E-state index contributed by atoms with van der Waals surface area (Å²) in [6.07, 6.45) is 6.68. The SMILES string of the molecule is CC(C)NC(=O)c1ccc(C2CCCCC2)cc1. The monoisotopic (exact) mass is 245 g/mol. The number of rotatable bonds is 3. The summed E-state index contributed by atoms with van der Waals surface area (Å²) in [6.45, 7) is 3.96. The number of hydrogen-bond donors (Lipinski definition) is 1. The van der Waals surface area contributed by atoms with Crippen molar-refractivity contribution in [2.75, 3.05) is 0 Å². The second-order valence-electron chi connectivity index (χ2n) is 5.59. The van der Waals surface area contributed by atoms with Crippen molar-refractivity contribution < 1.29 is 4.79 Å². The first-order valence-electron chi connectivity index (χ1n) is 7.07. The molecule has 1 N–H and O–H groups in total. The highest BCUT2D eigenvalue weighted by molar-refractivity contribution is 5.94. The zero-order valence-electron chi connectivity index (χ0n) is 11.4. The Labute approximate surface area is 110 Å². The average molecular weight is 245 g/mol. The number of carbonyl (C=O) groups excluding carboxylic acids is 1. The fraction of sp³-hybridized carbons (Fsp3) is 0.562. The summed E-state index contributed by atoms with van der Waals surface area (Å²) in [4.78, 5) is 11.8. The van der Waals surface area contributed by atoms with Crippen LogP contribution in [0.15, 0.2) is 24.3 Å². The molecule has 2 heteroatoms. The Balaban J connectivity index is 2.02. The van der Waals surface area contributed by atoms with Gasteiger partial charge in [-0.1, -0.05) is 31.4 Å². The maximum Gasteiger partial charge on any atom is 0.251 e. The van der Waals surface area contributed by atoms with Gasteiger partial charge in [-0.15, -0.1) is 0 Å². The summed E-state index contributed by atoms with van der Waals surface area (Å²) >= 11 is 0. The summed E-state index contributed by atoms with van der Waals surface area (Å²) in [7, 11) is 0. The number of benzene rings is 1. The standard InChI is InChI=1S/C16H23NO/c1-12(2)17-16(18)15-10-8-14(9-11-15)13-6-4-3-5-7-13/h8-13H,3-7H2,1-2H3,(H,17,18). The third-order valence-corrected chi connectivity index (χ3v) is 3.67. The van der Waals surface area contributed by atoms with Gasteiger partial charge in [-0.2, -0.15) is 0 Å². The van der Waals surface area contributed by atoms with E-state index >= 15 is 0 Å². The van der Waals surface area contributed by atoms with Crippen LogP contribution in [0.4, 0.5) is 0 Å². The molecule has 0 aromatic heterocycles. The molecule has 0 radical (unpaired) electrons. The molecule has 1 aliphatic carbocycles. The number of carbonyl (C=O) groups is 1. The third-order valence-electron chi connectivity index (χ3n) is 3.67. The van der Waals surface area contributed by atoms with Crippen molar-refractivity contribution >= 4 is 5.91 Å². The molecule has 0 heterocycles. The maximum atomic E-state index is 11.8. The molecular weight excluding hydrogens is 222 g/mol. The lowest BCUT2D eigenvalue weighted by atomic mass is 9.84. The van der Waals surface area contributed by atoms with Gasteiger partial charge in [-0.25, -0.2) is 0 Å². The topological polar surface area (TPSA) is 29.1 Å². The van der Waals surface area contributed by atoms with Gasteiger partial charge in [0.1, 0.15) is 0 Å². The molecule has 0 unspecified atom stereocenters. The molecule has 18 heavy (non-hydrogen) atoms. The van der Waals surface area contributed by atoms with Crippen molar-refractivity contribution in [2.24, 2.45) is 0 Å². The van der Waals surface area contributed by atoms with E-state index in [1.807, 2.05) is 26.0 Å². The predicted octanol–water partition coefficient (Wildman–Crippen LogP) is 3.87. The summed E-state index contributed by atoms with van der Waals surface area (Å²) < 4.78 is 0. The Morgan fingerprint density at radius 2 is 1.72 bits per heavy atom. The first kappa shape index (κ1) is 13.1. The van der Waals surface area contributed by atoms with Crippen LogP contribution in [0, 0.1) is 0 Å². The molecule has 98 valence electrons. The molecule has 0 atom stereocenters. The predicted molar refractivity (Wildman–Crippen MR) is 74.9 cm³/mol. The first-order chi connectivity index (χ1) is 8.66. The Morgan fingerprint density at radius 1 is 1.11 bits per heavy atom. The molecule has 2 rings (SSSR count). The fourth-order valence-corrected chi connectivity index (χ4v) is 2.69. The smallest absolute Gasteiger partial charge is 0.251 e. The van der Waals surface area contributed by atoms with Crippen LogP contribution in [-0.2, 0) is 0 Å². The van der Waals surface area contributed by atoms with Crippen LogP contribution in [0.1, 0.15) is 67.8 Å². The molecule has 1 aromatic carbocycles. The number of amides is 1. The number of nitrogens with one attached hydrogen (secondary N) is 1. The van der Waals surface area contributed by atoms with Crippen molar-refractivity contribution in [3.63, 3.8) is 0 Å². The van der Waals surface area contributed by atoms with Crippen LogP contribution in [0.25, 0.3) is 0 Å². The second kappa shape index (κ2) is 6.03. The van der Waals surface area contributed by atoms with Crippen molar-refractivity contribution in [1.82, 2.24) is 5.32 Å². The summed E-state index contributed by atoms with van der Waals surface area (Å²) in [5.74, 6) is 0.737. The molecule has 1 fully saturated rings. The highest BCUT2D eigenvalue weighted by Gasteiger charge is 2.15. The van der Waals surface area contributed by atoms with Crippen LogP contribution in [0.2, 0.25) is 0 Å². The Bertz CT molecular complexity index is 388. The molecular formula is C16H23NO. The Hall–Kier alpha value is -1.31. The van der Waals surface area contributed by atoms with E-state index in [9.17, 15) is 4.79 Å². The average Bonchev–Trinajstić information content (AvgIpc) is 2.39. The maximum absolute atomic E-state index is 11.8. The summed E-state index contributed by atoms with van der Waals surface area (Å²) in [5, 5.41) is 2.92. The van der Waals surface area contributed by atoms with E-state index in [1.54, 1.807) is 0 Å². The third kappa shape index (κ3) is 3.34. The van der Waals surface area contributed by atoms with Crippen LogP contribution in [-0.4, -0.2) is 11.9 Å². The quantitative estimate of drug-likeness (QED) is 0.860. The molecule has 1 saturated carbocycles. The minimum absolute atomic E-state index is 0.0280. The van der Waals surface area contributed by atoms with Gasteiger partial charge >= 0.3 is 0 Å². The van der Waals surface area contributed by atoms with Crippen molar-refractivity contribution in [3.05, 3.63) is 35.4 Å². The van der Waals surface area contributed by atoms with Gasteiger partial charge < -0.3 is 5.32 Å². The number of hydrogen-bond acceptors (Lipinski definition) is 1. The van der Waals surface area contributed by atoms with E-state index in [-0.39, 0.29) is 11.9 Å². The summed E-state index contributed by atoms with van der Waals surface area (Å²) in [5.41, 5.74) is 2.17. The molecule has 1 amide bonds. The largest absolute Gasteiger partial charge is 0.350 e. The highest BCUT2D eigenvalue weighted by Crippen LogP contribution is 2.32. The minimum Gasteiger partial charge on any atom is -0.350 e. The van der Waals surface area contributed by atoms with E-state index in [2.05, 4.69) is 17.4 Å². The Kier molecular flexibility index (Phi) is 4.40. The van der Waals surface area contributed by atoms with E-state index in [0.29, 0.717) is 5.92 Å². The second-order valence-corrected chi connectivity index (χ2v) is 5.59. The van der Waals surface area contributed by atoms with E-state index < -0.39 is 0 Å². The zero-order valence-corrected chi connectivity index (χ0v) is 11.4. The molecule has 0 bridgehead atoms. The van der Waals surface area contributed by atoms with Crippen LogP contribution in [0.3, 0.4) is 0 Å². The van der Waals surface area contributed by atoms with E-state index in [0.717, 1.165) is 5.56 Å². The molecule has 0 saturated heterocycles. The van der Waals surface area contributed by atoms with Gasteiger partial charge in [0.2, 0.25) is 0 Å². The first-order valence-corrected chi connectivity index (χ1v) is 7.07. The van der Waals surface area contributed by atoms with Crippen LogP contribution >= 0.6 is 0 Å². The molecule has 0 aliphatic heterocycles. The lowest BCUT2D eigenvalue weighted by Gasteiger charge is -2.22. The van der Waals surface area contributed by atoms with E-state index in [1.165, 1.54) is 37.7 Å². The molecule has 0 spiro atoms. The summed E-state index contributed by atoms with van der Waals surface area (Å²) in [6, 6.07) is 8.37. The molecule has 1 aliphatic rings. The zero-order chi connectivity index (χ0) is 13.0. The van der Waals surface area contributed by atoms with Crippen molar-refractivity contribution in [2.45, 2.75) is 57.9 Å². The normalized spacial score (nSPS) is 16.8. The van der Waals surface area contributed by atoms with Crippen molar-refractivity contribution in [3.8, 4) is 0 Å². The van der Waals surface area contributed by atoms with Crippen LogP contribution < -0.4 is 5.32 Å². The highest BCUT2D eigenvalue weighted by atomic mass is 16.1. The van der Waals surface area contributed by atoms with Gasteiger partial charge in [-0.3, -0.25) is 4.79 Å². The van der Waals surface area contributed by atoms with Gasteiger partial charge in [0.25, 0.3) is 5.91 Å². The van der Waals surface area contributed by atoms with Crippen LogP contribution in [0.5, 0.6) is 0 Å². The molecule has 1 aromatic rings. The van der Waals surface area contributed by atoms with E-state index in [4.69, 9.17) is 0 Å². The van der Waals surface area contributed by atoms with Gasteiger partial charge in [0, 0.05) is 11.6 Å². The lowest BCUT2D eigenvalue weighted by Crippen LogP contribution is -2.30. The molecule has 2 nitrogen and oxygen atoms in total. The fourth-order valence-electron chi connectivity index (χ4n) is 2.69. The lowest BCUT2D eigenvalue weighted by molar-refractivity contribution is 0.0943. The minimum atomic E-state index is 0.0280.